The van der Waals surface area contributed by atoms with E-state index in [0.29, 0.717) is 5.69 Å². The Bertz CT molecular complexity index is 443. The van der Waals surface area contributed by atoms with E-state index in [2.05, 4.69) is 10.3 Å². The van der Waals surface area contributed by atoms with Crippen LogP contribution in [0.25, 0.3) is 0 Å². The summed E-state index contributed by atoms with van der Waals surface area (Å²) in [4.78, 5) is 26.2. The summed E-state index contributed by atoms with van der Waals surface area (Å²) in [6, 6.07) is 4.93. The number of pyridine rings is 1. The Kier molecular flexibility index (Phi) is 3.80. The molecule has 0 spiro atoms. The summed E-state index contributed by atoms with van der Waals surface area (Å²) in [5.74, 6) is -1.91. The molecule has 0 aliphatic rings. The summed E-state index contributed by atoms with van der Waals surface area (Å²) in [7, 11) is 0. The van der Waals surface area contributed by atoms with E-state index in [4.69, 9.17) is 5.11 Å². The minimum atomic E-state index is -1.99. The Labute approximate surface area is 98.3 Å². The van der Waals surface area contributed by atoms with Crippen molar-refractivity contribution in [2.24, 2.45) is 0 Å². The highest BCUT2D eigenvalue weighted by molar-refractivity contribution is 5.92. The van der Waals surface area contributed by atoms with Crippen molar-refractivity contribution >= 4 is 11.9 Å². The van der Waals surface area contributed by atoms with Gasteiger partial charge in [-0.15, -0.1) is 0 Å². The second kappa shape index (κ2) is 4.92. The second-order valence-corrected chi connectivity index (χ2v) is 3.93. The van der Waals surface area contributed by atoms with E-state index in [1.54, 1.807) is 19.1 Å². The molecule has 1 rings (SSSR count). The Morgan fingerprint density at radius 3 is 2.65 bits per heavy atom. The van der Waals surface area contributed by atoms with Gasteiger partial charge in [0.05, 0.1) is 6.54 Å². The van der Waals surface area contributed by atoms with Crippen molar-refractivity contribution in [1.82, 2.24) is 10.3 Å². The molecule has 1 aromatic rings. The Balaban J connectivity index is 2.65. The molecule has 1 amide bonds. The Morgan fingerprint density at radius 2 is 2.12 bits per heavy atom. The first kappa shape index (κ1) is 13.1. The second-order valence-electron chi connectivity index (χ2n) is 3.93. The molecule has 0 radical (unpaired) electrons. The third kappa shape index (κ3) is 3.53. The lowest BCUT2D eigenvalue weighted by molar-refractivity contribution is -0.155. The van der Waals surface area contributed by atoms with Crippen LogP contribution in [0.1, 0.15) is 23.1 Å². The van der Waals surface area contributed by atoms with E-state index in [-0.39, 0.29) is 12.2 Å². The maximum Gasteiger partial charge on any atom is 0.337 e. The molecule has 3 N–H and O–H groups in total. The number of nitrogens with zero attached hydrogens (tertiary/aromatic N) is 1. The molecule has 0 bridgehead atoms. The third-order valence-electron chi connectivity index (χ3n) is 2.17. The lowest BCUT2D eigenvalue weighted by atomic mass is 10.1. The van der Waals surface area contributed by atoms with Crippen LogP contribution < -0.4 is 5.32 Å². The molecule has 0 saturated carbocycles. The van der Waals surface area contributed by atoms with E-state index >= 15 is 0 Å². The Hall–Kier alpha value is -1.95. The van der Waals surface area contributed by atoms with Crippen LogP contribution in [0.3, 0.4) is 0 Å². The van der Waals surface area contributed by atoms with Crippen LogP contribution in [0.15, 0.2) is 18.2 Å². The maximum atomic E-state index is 11.6. The summed E-state index contributed by atoms with van der Waals surface area (Å²) >= 11 is 0. The van der Waals surface area contributed by atoms with Gasteiger partial charge in [-0.2, -0.15) is 0 Å². The molecule has 0 aliphatic heterocycles. The number of aliphatic hydroxyl groups is 1. The van der Waals surface area contributed by atoms with Crippen LogP contribution in [0, 0.1) is 6.92 Å². The summed E-state index contributed by atoms with van der Waals surface area (Å²) in [6.45, 7) is 2.47. The standard InChI is InChI=1S/C11H14N2O4/c1-7-4-3-5-8(13-7)9(14)12-6-11(2,17)10(15)16/h3-5,17H,6H2,1-2H3,(H,12,14)(H,15,16). The molecular weight excluding hydrogens is 224 g/mol. The van der Waals surface area contributed by atoms with Crippen molar-refractivity contribution < 1.29 is 19.8 Å². The first-order valence-electron chi connectivity index (χ1n) is 5.00. The average Bonchev–Trinajstić information content (AvgIpc) is 2.25. The lowest BCUT2D eigenvalue weighted by Gasteiger charge is -2.18. The number of amides is 1. The molecular formula is C11H14N2O4. The SMILES string of the molecule is Cc1cccc(C(=O)NCC(C)(O)C(=O)O)n1. The quantitative estimate of drug-likeness (QED) is 0.683. The summed E-state index contributed by atoms with van der Waals surface area (Å²) in [5, 5.41) is 20.4. The minimum Gasteiger partial charge on any atom is -0.479 e. The van der Waals surface area contributed by atoms with Gasteiger partial charge in [0.15, 0.2) is 5.60 Å². The van der Waals surface area contributed by atoms with E-state index in [9.17, 15) is 14.7 Å². The average molecular weight is 238 g/mol. The van der Waals surface area contributed by atoms with Gasteiger partial charge in [0.2, 0.25) is 0 Å². The highest BCUT2D eigenvalue weighted by atomic mass is 16.4. The molecule has 6 nitrogen and oxygen atoms in total. The molecule has 1 aromatic heterocycles. The van der Waals surface area contributed by atoms with Crippen LogP contribution in [-0.4, -0.2) is 39.2 Å². The molecule has 6 heteroatoms. The summed E-state index contributed by atoms with van der Waals surface area (Å²) in [6.07, 6.45) is 0. The predicted molar refractivity (Wildman–Crippen MR) is 59.6 cm³/mol. The van der Waals surface area contributed by atoms with E-state index < -0.39 is 17.5 Å². The van der Waals surface area contributed by atoms with Gasteiger partial charge in [-0.05, 0) is 26.0 Å². The van der Waals surface area contributed by atoms with Gasteiger partial charge in [0, 0.05) is 5.69 Å². The smallest absolute Gasteiger partial charge is 0.337 e. The number of hydrogen-bond donors (Lipinski definition) is 3. The number of aryl methyl sites for hydroxylation is 1. The number of rotatable bonds is 4. The van der Waals surface area contributed by atoms with Crippen molar-refractivity contribution in [3.63, 3.8) is 0 Å². The van der Waals surface area contributed by atoms with Gasteiger partial charge in [0.1, 0.15) is 5.69 Å². The van der Waals surface area contributed by atoms with Crippen LogP contribution in [-0.2, 0) is 4.79 Å². The fraction of sp³-hybridized carbons (Fsp3) is 0.364. The molecule has 92 valence electrons. The van der Waals surface area contributed by atoms with E-state index in [0.717, 1.165) is 6.92 Å². The number of aromatic nitrogens is 1. The lowest BCUT2D eigenvalue weighted by Crippen LogP contribution is -2.46. The van der Waals surface area contributed by atoms with Gasteiger partial charge in [-0.3, -0.25) is 4.79 Å². The maximum absolute atomic E-state index is 11.6. The molecule has 0 fully saturated rings. The van der Waals surface area contributed by atoms with Gasteiger partial charge in [0.25, 0.3) is 5.91 Å². The predicted octanol–water partition coefficient (Wildman–Crippen LogP) is -0.0446. The zero-order chi connectivity index (χ0) is 13.1. The monoisotopic (exact) mass is 238 g/mol. The topological polar surface area (TPSA) is 99.5 Å². The fourth-order valence-electron chi connectivity index (χ4n) is 1.09. The van der Waals surface area contributed by atoms with Gasteiger partial charge < -0.3 is 15.5 Å². The molecule has 1 unspecified atom stereocenters. The Morgan fingerprint density at radius 1 is 1.47 bits per heavy atom. The zero-order valence-electron chi connectivity index (χ0n) is 9.60. The van der Waals surface area contributed by atoms with Crippen molar-refractivity contribution in [2.75, 3.05) is 6.54 Å². The number of carboxylic acid groups (broad SMARTS) is 1. The number of nitrogens with one attached hydrogen (secondary N) is 1. The number of hydrogen-bond acceptors (Lipinski definition) is 4. The molecule has 0 saturated heterocycles. The molecule has 17 heavy (non-hydrogen) atoms. The van der Waals surface area contributed by atoms with Crippen molar-refractivity contribution in [3.05, 3.63) is 29.6 Å². The van der Waals surface area contributed by atoms with Crippen LogP contribution in [0.4, 0.5) is 0 Å². The number of carboxylic acids is 1. The molecule has 0 aromatic carbocycles. The highest BCUT2D eigenvalue weighted by Gasteiger charge is 2.30. The first-order valence-corrected chi connectivity index (χ1v) is 5.00. The van der Waals surface area contributed by atoms with Crippen LogP contribution >= 0.6 is 0 Å². The first-order chi connectivity index (χ1) is 7.83. The van der Waals surface area contributed by atoms with E-state index in [1.165, 1.54) is 6.07 Å². The van der Waals surface area contributed by atoms with Crippen LogP contribution in [0.2, 0.25) is 0 Å². The number of carbonyl (C=O) groups is 2. The largest absolute Gasteiger partial charge is 0.479 e. The zero-order valence-corrected chi connectivity index (χ0v) is 9.60. The normalized spacial score (nSPS) is 13.8. The van der Waals surface area contributed by atoms with E-state index in [1.807, 2.05) is 0 Å². The number of aliphatic carboxylic acids is 1. The third-order valence-corrected chi connectivity index (χ3v) is 2.17. The fourth-order valence-corrected chi connectivity index (χ4v) is 1.09. The molecule has 0 aliphatic carbocycles. The van der Waals surface area contributed by atoms with Crippen LogP contribution in [0.5, 0.6) is 0 Å². The van der Waals surface area contributed by atoms with Crippen molar-refractivity contribution in [3.8, 4) is 0 Å². The van der Waals surface area contributed by atoms with Crippen molar-refractivity contribution in [1.29, 1.82) is 0 Å². The highest BCUT2D eigenvalue weighted by Crippen LogP contribution is 2.02. The molecule has 1 atom stereocenters. The van der Waals surface area contributed by atoms with Gasteiger partial charge >= 0.3 is 5.97 Å². The van der Waals surface area contributed by atoms with Gasteiger partial charge in [-0.25, -0.2) is 9.78 Å². The summed E-state index contributed by atoms with van der Waals surface area (Å²) < 4.78 is 0. The van der Waals surface area contributed by atoms with Crippen molar-refractivity contribution in [2.45, 2.75) is 19.4 Å². The summed E-state index contributed by atoms with van der Waals surface area (Å²) in [5.41, 5.74) is -1.12. The molecule has 1 heterocycles. The minimum absolute atomic E-state index is 0.186. The van der Waals surface area contributed by atoms with Gasteiger partial charge in [-0.1, -0.05) is 6.07 Å². The number of carbonyl (C=O) groups excluding carboxylic acids is 1.